The first kappa shape index (κ1) is 17.0. The van der Waals surface area contributed by atoms with Gasteiger partial charge in [0, 0.05) is 30.0 Å². The number of carbonyl (C=O) groups is 2. The molecule has 130 valence electrons. The van der Waals surface area contributed by atoms with Gasteiger partial charge in [0.1, 0.15) is 0 Å². The molecular weight excluding hydrogens is 314 g/mol. The van der Waals surface area contributed by atoms with Crippen molar-refractivity contribution in [2.45, 2.75) is 33.6 Å². The van der Waals surface area contributed by atoms with E-state index in [0.717, 1.165) is 28.2 Å². The third-order valence-corrected chi connectivity index (χ3v) is 4.62. The quantitative estimate of drug-likeness (QED) is 0.880. The zero-order valence-electron chi connectivity index (χ0n) is 14.8. The lowest BCUT2D eigenvalue weighted by Gasteiger charge is -2.28. The fraction of sp³-hybridized carbons (Fsp3) is 0.300. The summed E-state index contributed by atoms with van der Waals surface area (Å²) in [5.74, 6) is 0.156. The van der Waals surface area contributed by atoms with E-state index < -0.39 is 0 Å². The SMILES string of the molecule is CCN1C(=O)CCc2cc(NC(=O)Nc3ccc(C)c(C)c3)ccc21. The fourth-order valence-corrected chi connectivity index (χ4v) is 3.10. The van der Waals surface area contributed by atoms with Crippen LogP contribution in [-0.4, -0.2) is 18.5 Å². The van der Waals surface area contributed by atoms with Crippen molar-refractivity contribution in [2.75, 3.05) is 22.1 Å². The van der Waals surface area contributed by atoms with Gasteiger partial charge >= 0.3 is 6.03 Å². The number of fused-ring (bicyclic) bond motifs is 1. The lowest BCUT2D eigenvalue weighted by atomic mass is 10.0. The molecule has 0 radical (unpaired) electrons. The number of anilines is 3. The predicted molar refractivity (Wildman–Crippen MR) is 101 cm³/mol. The monoisotopic (exact) mass is 337 g/mol. The molecule has 0 saturated heterocycles. The molecule has 5 heteroatoms. The lowest BCUT2D eigenvalue weighted by Crippen LogP contribution is -2.34. The highest BCUT2D eigenvalue weighted by Gasteiger charge is 2.22. The summed E-state index contributed by atoms with van der Waals surface area (Å²) in [7, 11) is 0. The van der Waals surface area contributed by atoms with Gasteiger partial charge in [-0.3, -0.25) is 4.79 Å². The first-order valence-electron chi connectivity index (χ1n) is 8.56. The Morgan fingerprint density at radius 3 is 2.36 bits per heavy atom. The Kier molecular flexibility index (Phi) is 4.74. The van der Waals surface area contributed by atoms with Crippen LogP contribution in [0.3, 0.4) is 0 Å². The number of benzene rings is 2. The Labute approximate surface area is 148 Å². The minimum Gasteiger partial charge on any atom is -0.312 e. The first-order valence-corrected chi connectivity index (χ1v) is 8.56. The fourth-order valence-electron chi connectivity index (χ4n) is 3.10. The second kappa shape index (κ2) is 6.97. The third kappa shape index (κ3) is 3.65. The Hall–Kier alpha value is -2.82. The molecule has 0 fully saturated rings. The Morgan fingerprint density at radius 1 is 1.00 bits per heavy atom. The summed E-state index contributed by atoms with van der Waals surface area (Å²) < 4.78 is 0. The van der Waals surface area contributed by atoms with Crippen LogP contribution in [0.25, 0.3) is 0 Å². The number of aryl methyl sites for hydroxylation is 3. The van der Waals surface area contributed by atoms with Gasteiger partial charge in [-0.15, -0.1) is 0 Å². The molecule has 1 aliphatic rings. The maximum absolute atomic E-state index is 12.2. The van der Waals surface area contributed by atoms with Crippen molar-refractivity contribution in [3.8, 4) is 0 Å². The van der Waals surface area contributed by atoms with Gasteiger partial charge in [0.15, 0.2) is 0 Å². The lowest BCUT2D eigenvalue weighted by molar-refractivity contribution is -0.118. The summed E-state index contributed by atoms with van der Waals surface area (Å²) in [4.78, 5) is 26.0. The summed E-state index contributed by atoms with van der Waals surface area (Å²) in [5.41, 5.74) is 5.85. The average Bonchev–Trinajstić information content (AvgIpc) is 2.58. The third-order valence-electron chi connectivity index (χ3n) is 4.62. The van der Waals surface area contributed by atoms with Gasteiger partial charge in [-0.1, -0.05) is 6.07 Å². The molecule has 2 aromatic carbocycles. The summed E-state index contributed by atoms with van der Waals surface area (Å²) in [5, 5.41) is 5.72. The van der Waals surface area contributed by atoms with Crippen LogP contribution in [-0.2, 0) is 11.2 Å². The van der Waals surface area contributed by atoms with Crippen molar-refractivity contribution < 1.29 is 9.59 Å². The zero-order chi connectivity index (χ0) is 18.0. The van der Waals surface area contributed by atoms with Gasteiger partial charge in [0.05, 0.1) is 0 Å². The minimum absolute atomic E-state index is 0.156. The number of carbonyl (C=O) groups excluding carboxylic acids is 2. The molecule has 25 heavy (non-hydrogen) atoms. The predicted octanol–water partition coefficient (Wildman–Crippen LogP) is 4.25. The second-order valence-corrected chi connectivity index (χ2v) is 6.36. The number of hydrogen-bond acceptors (Lipinski definition) is 2. The molecule has 2 aromatic rings. The molecule has 5 nitrogen and oxygen atoms in total. The first-order chi connectivity index (χ1) is 12.0. The van der Waals surface area contributed by atoms with Crippen LogP contribution < -0.4 is 15.5 Å². The second-order valence-electron chi connectivity index (χ2n) is 6.36. The number of nitrogens with one attached hydrogen (secondary N) is 2. The summed E-state index contributed by atoms with van der Waals surface area (Å²) in [6, 6.07) is 11.2. The molecule has 1 aliphatic heterocycles. The molecule has 0 bridgehead atoms. The molecule has 0 aliphatic carbocycles. The van der Waals surface area contributed by atoms with Crippen molar-refractivity contribution in [2.24, 2.45) is 0 Å². The topological polar surface area (TPSA) is 61.4 Å². The van der Waals surface area contributed by atoms with E-state index in [1.807, 2.05) is 57.2 Å². The Morgan fingerprint density at radius 2 is 1.68 bits per heavy atom. The van der Waals surface area contributed by atoms with Gasteiger partial charge in [0.25, 0.3) is 0 Å². The van der Waals surface area contributed by atoms with E-state index in [1.165, 1.54) is 5.56 Å². The van der Waals surface area contributed by atoms with Crippen molar-refractivity contribution in [1.29, 1.82) is 0 Å². The highest BCUT2D eigenvalue weighted by Crippen LogP contribution is 2.30. The molecule has 0 unspecified atom stereocenters. The highest BCUT2D eigenvalue weighted by molar-refractivity contribution is 6.01. The molecule has 1 heterocycles. The van der Waals surface area contributed by atoms with Crippen LogP contribution in [0.5, 0.6) is 0 Å². The van der Waals surface area contributed by atoms with Gasteiger partial charge in [-0.05, 0) is 74.2 Å². The van der Waals surface area contributed by atoms with Crippen molar-refractivity contribution >= 4 is 29.0 Å². The molecule has 0 aromatic heterocycles. The smallest absolute Gasteiger partial charge is 0.312 e. The average molecular weight is 337 g/mol. The number of urea groups is 1. The minimum atomic E-state index is -0.276. The molecule has 0 spiro atoms. The summed E-state index contributed by atoms with van der Waals surface area (Å²) in [6.45, 7) is 6.68. The van der Waals surface area contributed by atoms with E-state index in [9.17, 15) is 9.59 Å². The normalized spacial score (nSPS) is 13.4. The van der Waals surface area contributed by atoms with Crippen LogP contribution in [0.1, 0.15) is 30.0 Å². The summed E-state index contributed by atoms with van der Waals surface area (Å²) in [6.07, 6.45) is 1.22. The zero-order valence-corrected chi connectivity index (χ0v) is 14.8. The van der Waals surface area contributed by atoms with E-state index in [2.05, 4.69) is 10.6 Å². The van der Waals surface area contributed by atoms with Crippen molar-refractivity contribution in [1.82, 2.24) is 0 Å². The van der Waals surface area contributed by atoms with Crippen molar-refractivity contribution in [3.63, 3.8) is 0 Å². The maximum atomic E-state index is 12.2. The van der Waals surface area contributed by atoms with Gasteiger partial charge in [0.2, 0.25) is 5.91 Å². The molecular formula is C20H23N3O2. The van der Waals surface area contributed by atoms with Gasteiger partial charge in [-0.25, -0.2) is 4.79 Å². The molecule has 0 saturated carbocycles. The van der Waals surface area contributed by atoms with E-state index in [-0.39, 0.29) is 11.9 Å². The Balaban J connectivity index is 1.72. The number of rotatable bonds is 3. The number of amides is 3. The van der Waals surface area contributed by atoms with E-state index in [4.69, 9.17) is 0 Å². The largest absolute Gasteiger partial charge is 0.323 e. The van der Waals surface area contributed by atoms with Gasteiger partial charge < -0.3 is 15.5 Å². The van der Waals surface area contributed by atoms with E-state index in [1.54, 1.807) is 4.90 Å². The Bertz CT molecular complexity index is 830. The van der Waals surface area contributed by atoms with Gasteiger partial charge in [-0.2, -0.15) is 0 Å². The van der Waals surface area contributed by atoms with E-state index >= 15 is 0 Å². The molecule has 2 N–H and O–H groups in total. The van der Waals surface area contributed by atoms with Crippen LogP contribution >= 0.6 is 0 Å². The van der Waals surface area contributed by atoms with Crippen LogP contribution in [0.15, 0.2) is 36.4 Å². The summed E-state index contributed by atoms with van der Waals surface area (Å²) >= 11 is 0. The van der Waals surface area contributed by atoms with Crippen molar-refractivity contribution in [3.05, 3.63) is 53.1 Å². The van der Waals surface area contributed by atoms with E-state index in [0.29, 0.717) is 19.4 Å². The molecule has 0 atom stereocenters. The maximum Gasteiger partial charge on any atom is 0.323 e. The highest BCUT2D eigenvalue weighted by atomic mass is 16.2. The standard InChI is InChI=1S/C20H23N3O2/c1-4-23-18-9-8-17(12-15(18)6-10-19(23)24)22-20(25)21-16-7-5-13(2)14(3)11-16/h5,7-9,11-12H,4,6,10H2,1-3H3,(H2,21,22,25). The number of hydrogen-bond donors (Lipinski definition) is 2. The molecule has 3 rings (SSSR count). The van der Waals surface area contributed by atoms with Crippen LogP contribution in [0.4, 0.5) is 21.9 Å². The van der Waals surface area contributed by atoms with Crippen LogP contribution in [0, 0.1) is 13.8 Å². The number of nitrogens with zero attached hydrogens (tertiary/aromatic N) is 1. The van der Waals surface area contributed by atoms with Crippen LogP contribution in [0.2, 0.25) is 0 Å². The molecule has 3 amide bonds.